The quantitative estimate of drug-likeness (QED) is 0.414. The molecular weight excluding hydrogens is 180 g/mol. The number of nitrogens with zero attached hydrogens (tertiary/aromatic N) is 1. The molecule has 1 heterocycles. The molecular formula is C6H8N2O3S. The van der Waals surface area contributed by atoms with Crippen molar-refractivity contribution in [1.29, 1.82) is 0 Å². The maximum Gasteiger partial charge on any atom is 0.261 e. The molecule has 3 amide bonds. The molecule has 1 rings (SSSR count). The molecule has 0 aliphatic carbocycles. The second-order valence-electron chi connectivity index (χ2n) is 2.46. The molecule has 1 aliphatic heterocycles. The van der Waals surface area contributed by atoms with Gasteiger partial charge in [-0.25, -0.2) is 0 Å². The van der Waals surface area contributed by atoms with Crippen LogP contribution in [-0.2, 0) is 14.4 Å². The molecule has 1 N–H and O–H groups in total. The first kappa shape index (κ1) is 9.05. The summed E-state index contributed by atoms with van der Waals surface area (Å²) in [5.41, 5.74) is 2.12. The molecule has 0 saturated carbocycles. The monoisotopic (exact) mass is 188 g/mol. The molecule has 0 spiro atoms. The number of carbonyl (C=O) groups is 3. The molecule has 1 aliphatic rings. The van der Waals surface area contributed by atoms with Gasteiger partial charge >= 0.3 is 0 Å². The highest BCUT2D eigenvalue weighted by Gasteiger charge is 2.37. The fourth-order valence-corrected chi connectivity index (χ4v) is 1.16. The van der Waals surface area contributed by atoms with Crippen LogP contribution in [0.5, 0.6) is 0 Å². The van der Waals surface area contributed by atoms with Crippen molar-refractivity contribution in [3.63, 3.8) is 0 Å². The third-order valence-electron chi connectivity index (χ3n) is 1.39. The topological polar surface area (TPSA) is 66.5 Å². The van der Waals surface area contributed by atoms with E-state index in [-0.39, 0.29) is 6.42 Å². The summed E-state index contributed by atoms with van der Waals surface area (Å²) < 4.78 is 0. The maximum atomic E-state index is 11.1. The first-order valence-electron chi connectivity index (χ1n) is 3.34. The summed E-state index contributed by atoms with van der Waals surface area (Å²) in [4.78, 5) is 32.6. The molecule has 0 bridgehead atoms. The lowest BCUT2D eigenvalue weighted by Gasteiger charge is -2.12. The fraction of sp³-hybridized carbons (Fsp3) is 0.500. The van der Waals surface area contributed by atoms with Gasteiger partial charge in [-0.2, -0.15) is 17.6 Å². The van der Waals surface area contributed by atoms with Gasteiger partial charge in [-0.3, -0.25) is 19.8 Å². The summed E-state index contributed by atoms with van der Waals surface area (Å²) in [5, 5.41) is 0.0874. The van der Waals surface area contributed by atoms with Gasteiger partial charge in [-0.05, 0) is 0 Å². The zero-order chi connectivity index (χ0) is 9.30. The average molecular weight is 188 g/mol. The van der Waals surface area contributed by atoms with Gasteiger partial charge in [0, 0.05) is 13.3 Å². The van der Waals surface area contributed by atoms with Crippen LogP contribution in [0.2, 0.25) is 0 Å². The molecule has 0 radical (unpaired) electrons. The van der Waals surface area contributed by atoms with Crippen molar-refractivity contribution in [2.24, 2.45) is 0 Å². The zero-order valence-corrected chi connectivity index (χ0v) is 7.30. The van der Waals surface area contributed by atoms with Gasteiger partial charge in [-0.1, -0.05) is 0 Å². The summed E-state index contributed by atoms with van der Waals surface area (Å²) >= 11 is 3.86. The highest BCUT2D eigenvalue weighted by atomic mass is 32.1. The van der Waals surface area contributed by atoms with E-state index in [9.17, 15) is 14.4 Å². The second-order valence-corrected chi connectivity index (χ2v) is 3.08. The predicted octanol–water partition coefficient (Wildman–Crippen LogP) is -0.905. The van der Waals surface area contributed by atoms with Crippen LogP contribution in [-0.4, -0.2) is 28.0 Å². The number of carbonyl (C=O) groups excluding carboxylic acids is 3. The molecule has 1 unspecified atom stereocenters. The lowest BCUT2D eigenvalue weighted by molar-refractivity contribution is -0.147. The first-order valence-corrected chi connectivity index (χ1v) is 3.86. The van der Waals surface area contributed by atoms with Gasteiger partial charge in [0.2, 0.25) is 11.8 Å². The summed E-state index contributed by atoms with van der Waals surface area (Å²) in [6, 6.07) is 0. The first-order chi connectivity index (χ1) is 5.52. The van der Waals surface area contributed by atoms with E-state index < -0.39 is 23.0 Å². The SMILES string of the molecule is CC(=O)NN1C(=O)CC(S)C1=O. The maximum absolute atomic E-state index is 11.1. The van der Waals surface area contributed by atoms with E-state index >= 15 is 0 Å². The van der Waals surface area contributed by atoms with E-state index in [1.54, 1.807) is 0 Å². The molecule has 5 nitrogen and oxygen atoms in total. The van der Waals surface area contributed by atoms with Crippen LogP contribution in [0.4, 0.5) is 0 Å². The number of thiol groups is 1. The van der Waals surface area contributed by atoms with Gasteiger partial charge in [-0.15, -0.1) is 0 Å². The van der Waals surface area contributed by atoms with Gasteiger partial charge < -0.3 is 0 Å². The number of rotatable bonds is 1. The summed E-state index contributed by atoms with van der Waals surface area (Å²) in [5.74, 6) is -1.34. The summed E-state index contributed by atoms with van der Waals surface area (Å²) in [6.07, 6.45) is 0.0439. The van der Waals surface area contributed by atoms with Crippen LogP contribution in [0.1, 0.15) is 13.3 Å². The largest absolute Gasteiger partial charge is 0.274 e. The Morgan fingerprint density at radius 1 is 1.67 bits per heavy atom. The minimum Gasteiger partial charge on any atom is -0.274 e. The normalized spacial score (nSPS) is 23.2. The Morgan fingerprint density at radius 3 is 2.58 bits per heavy atom. The molecule has 12 heavy (non-hydrogen) atoms. The zero-order valence-electron chi connectivity index (χ0n) is 6.40. The van der Waals surface area contributed by atoms with Crippen molar-refractivity contribution < 1.29 is 14.4 Å². The van der Waals surface area contributed by atoms with Crippen molar-refractivity contribution >= 4 is 30.4 Å². The second kappa shape index (κ2) is 3.14. The molecule has 1 atom stereocenters. The summed E-state index contributed by atoms with van der Waals surface area (Å²) in [7, 11) is 0. The molecule has 1 saturated heterocycles. The van der Waals surface area contributed by atoms with E-state index in [0.29, 0.717) is 5.01 Å². The molecule has 66 valence electrons. The Kier molecular flexibility index (Phi) is 2.37. The van der Waals surface area contributed by atoms with Gasteiger partial charge in [0.05, 0.1) is 5.25 Å². The third-order valence-corrected chi connectivity index (χ3v) is 1.80. The fourth-order valence-electron chi connectivity index (χ4n) is 0.891. The van der Waals surface area contributed by atoms with Crippen LogP contribution in [0, 0.1) is 0 Å². The van der Waals surface area contributed by atoms with E-state index in [2.05, 4.69) is 18.1 Å². The summed E-state index contributed by atoms with van der Waals surface area (Å²) in [6.45, 7) is 1.23. The number of hydrogen-bond donors (Lipinski definition) is 2. The highest BCUT2D eigenvalue weighted by molar-refractivity contribution is 7.81. The van der Waals surface area contributed by atoms with Crippen molar-refractivity contribution in [3.05, 3.63) is 0 Å². The van der Waals surface area contributed by atoms with Crippen molar-refractivity contribution in [3.8, 4) is 0 Å². The van der Waals surface area contributed by atoms with E-state index in [0.717, 1.165) is 0 Å². The predicted molar refractivity (Wildman–Crippen MR) is 43.1 cm³/mol. The van der Waals surface area contributed by atoms with Crippen LogP contribution >= 0.6 is 12.6 Å². The molecule has 6 heteroatoms. The van der Waals surface area contributed by atoms with E-state index in [1.807, 2.05) is 0 Å². The van der Waals surface area contributed by atoms with Crippen molar-refractivity contribution in [2.45, 2.75) is 18.6 Å². The van der Waals surface area contributed by atoms with E-state index in [1.165, 1.54) is 6.92 Å². The standard InChI is InChI=1S/C6H8N2O3S/c1-3(9)7-8-5(10)2-4(12)6(8)11/h4,12H,2H2,1H3,(H,7,9). The number of hydrazine groups is 1. The average Bonchev–Trinajstić information content (AvgIpc) is 2.16. The van der Waals surface area contributed by atoms with Gasteiger partial charge in [0.1, 0.15) is 0 Å². The minimum absolute atomic E-state index is 0.0439. The Labute approximate surface area is 74.5 Å². The Hall–Kier alpha value is -1.04. The molecule has 0 aromatic rings. The van der Waals surface area contributed by atoms with E-state index in [4.69, 9.17) is 0 Å². The molecule has 1 fully saturated rings. The smallest absolute Gasteiger partial charge is 0.261 e. The lowest BCUT2D eigenvalue weighted by atomic mass is 10.4. The minimum atomic E-state index is -0.621. The Bertz CT molecular complexity index is 253. The highest BCUT2D eigenvalue weighted by Crippen LogP contribution is 2.15. The van der Waals surface area contributed by atoms with Crippen molar-refractivity contribution in [2.75, 3.05) is 0 Å². The molecule has 0 aromatic carbocycles. The Morgan fingerprint density at radius 2 is 2.25 bits per heavy atom. The molecule has 0 aromatic heterocycles. The van der Waals surface area contributed by atoms with Crippen LogP contribution in [0.15, 0.2) is 0 Å². The van der Waals surface area contributed by atoms with Crippen LogP contribution < -0.4 is 5.43 Å². The van der Waals surface area contributed by atoms with Crippen LogP contribution in [0.25, 0.3) is 0 Å². The van der Waals surface area contributed by atoms with Gasteiger partial charge in [0.15, 0.2) is 0 Å². The number of hydrogen-bond acceptors (Lipinski definition) is 4. The number of imide groups is 1. The van der Waals surface area contributed by atoms with Crippen molar-refractivity contribution in [1.82, 2.24) is 10.4 Å². The Balaban J connectivity index is 2.70. The number of nitrogens with one attached hydrogen (secondary N) is 1. The van der Waals surface area contributed by atoms with Gasteiger partial charge in [0.25, 0.3) is 5.91 Å². The lowest BCUT2D eigenvalue weighted by Crippen LogP contribution is -2.45. The van der Waals surface area contributed by atoms with Crippen LogP contribution in [0.3, 0.4) is 0 Å². The third kappa shape index (κ3) is 1.58. The number of amides is 3.